The van der Waals surface area contributed by atoms with Gasteiger partial charge in [0, 0.05) is 5.38 Å². The van der Waals surface area contributed by atoms with Crippen LogP contribution < -0.4 is 0 Å². The first-order chi connectivity index (χ1) is 7.71. The number of unbranched alkanes of at least 4 members (excludes halogenated alkanes) is 2. The van der Waals surface area contributed by atoms with Gasteiger partial charge in [-0.15, -0.1) is 11.6 Å². The Hall–Kier alpha value is -0.240. The van der Waals surface area contributed by atoms with Crippen LogP contribution in [-0.2, 0) is 9.53 Å². The molecule has 4 aliphatic rings. The second kappa shape index (κ2) is 3.63. The van der Waals surface area contributed by atoms with Crippen LogP contribution in [-0.4, -0.2) is 18.0 Å². The summed E-state index contributed by atoms with van der Waals surface area (Å²) in [5, 5.41) is 0.258. The molecule has 0 aliphatic heterocycles. The van der Waals surface area contributed by atoms with Gasteiger partial charge in [-0.05, 0) is 37.0 Å². The number of alkyl halides is 1. The van der Waals surface area contributed by atoms with Gasteiger partial charge in [0.25, 0.3) is 0 Å². The fourth-order valence-corrected chi connectivity index (χ4v) is 4.69. The highest BCUT2D eigenvalue weighted by Crippen LogP contribution is 2.80. The summed E-state index contributed by atoms with van der Waals surface area (Å²) in [6, 6.07) is 0. The molecule has 0 amide bonds. The molecule has 0 radical (unpaired) electrons. The summed E-state index contributed by atoms with van der Waals surface area (Å²) in [6.45, 7) is 2.76. The molecule has 4 fully saturated rings. The molecule has 90 valence electrons. The number of hydrogen-bond donors (Lipinski definition) is 0. The predicted molar refractivity (Wildman–Crippen MR) is 62.3 cm³/mol. The Kier molecular flexibility index (Phi) is 2.47. The van der Waals surface area contributed by atoms with Crippen molar-refractivity contribution in [2.24, 2.45) is 23.2 Å². The predicted octanol–water partition coefficient (Wildman–Crippen LogP) is 2.98. The van der Waals surface area contributed by atoms with Gasteiger partial charge in [-0.25, -0.2) is 0 Å². The van der Waals surface area contributed by atoms with E-state index >= 15 is 0 Å². The summed E-state index contributed by atoms with van der Waals surface area (Å²) in [4.78, 5) is 12.1. The van der Waals surface area contributed by atoms with Gasteiger partial charge in [0.2, 0.25) is 0 Å². The summed E-state index contributed by atoms with van der Waals surface area (Å²) < 4.78 is 5.42. The lowest BCUT2D eigenvalue weighted by molar-refractivity contribution is -0.150. The van der Waals surface area contributed by atoms with Crippen molar-refractivity contribution in [2.75, 3.05) is 6.61 Å². The number of rotatable bonds is 5. The number of carbonyl (C=O) groups is 1. The highest BCUT2D eigenvalue weighted by Gasteiger charge is 2.82. The number of ether oxygens (including phenoxy) is 1. The van der Waals surface area contributed by atoms with Crippen LogP contribution in [0.4, 0.5) is 0 Å². The first kappa shape index (κ1) is 10.9. The van der Waals surface area contributed by atoms with E-state index in [0.717, 1.165) is 19.3 Å². The van der Waals surface area contributed by atoms with Crippen LogP contribution in [0.3, 0.4) is 0 Å². The number of hydrogen-bond acceptors (Lipinski definition) is 2. The minimum Gasteiger partial charge on any atom is -0.465 e. The van der Waals surface area contributed by atoms with Crippen molar-refractivity contribution < 1.29 is 9.53 Å². The van der Waals surface area contributed by atoms with Gasteiger partial charge < -0.3 is 4.74 Å². The quantitative estimate of drug-likeness (QED) is 0.421. The lowest BCUT2D eigenvalue weighted by atomic mass is 10.1. The highest BCUT2D eigenvalue weighted by molar-refractivity contribution is 6.22. The molecule has 0 N–H and O–H groups in total. The molecule has 0 aromatic rings. The lowest BCUT2D eigenvalue weighted by Crippen LogP contribution is -2.20. The Bertz CT molecular complexity index is 317. The standard InChI is InChI=1S/C13H19ClO2/c1-2-3-4-5-16-12(15)13-7-8-6-9(13)10(13)11(8)14/h8-11H,2-7H2,1H3/t8-,9-,10-,11-,13+/m0/s1. The van der Waals surface area contributed by atoms with Gasteiger partial charge in [-0.2, -0.15) is 0 Å². The summed E-state index contributed by atoms with van der Waals surface area (Å²) in [7, 11) is 0. The summed E-state index contributed by atoms with van der Waals surface area (Å²) in [5.41, 5.74) is -0.122. The van der Waals surface area contributed by atoms with Gasteiger partial charge in [0.15, 0.2) is 0 Å². The molecule has 0 aromatic heterocycles. The van der Waals surface area contributed by atoms with Crippen LogP contribution in [0.15, 0.2) is 0 Å². The molecule has 4 saturated carbocycles. The Morgan fingerprint density at radius 2 is 2.31 bits per heavy atom. The van der Waals surface area contributed by atoms with Crippen LogP contribution in [0.1, 0.15) is 39.0 Å². The van der Waals surface area contributed by atoms with Crippen molar-refractivity contribution in [3.05, 3.63) is 0 Å². The maximum atomic E-state index is 12.1. The Balaban J connectivity index is 1.54. The fourth-order valence-electron chi connectivity index (χ4n) is 4.10. The summed E-state index contributed by atoms with van der Waals surface area (Å²) in [6.07, 6.45) is 5.49. The van der Waals surface area contributed by atoms with Crippen LogP contribution >= 0.6 is 11.6 Å². The largest absolute Gasteiger partial charge is 0.465 e. The molecule has 0 aromatic carbocycles. The van der Waals surface area contributed by atoms with Gasteiger partial charge in [-0.3, -0.25) is 4.79 Å². The van der Waals surface area contributed by atoms with Crippen molar-refractivity contribution in [1.82, 2.24) is 0 Å². The third kappa shape index (κ3) is 1.23. The molecular formula is C13H19ClO2. The lowest BCUT2D eigenvalue weighted by Gasteiger charge is -2.10. The van der Waals surface area contributed by atoms with E-state index in [2.05, 4.69) is 6.92 Å². The number of carbonyl (C=O) groups excluding carboxylic acids is 1. The maximum absolute atomic E-state index is 12.1. The van der Waals surface area contributed by atoms with E-state index in [9.17, 15) is 4.79 Å². The van der Waals surface area contributed by atoms with E-state index in [0.29, 0.717) is 24.4 Å². The van der Waals surface area contributed by atoms with Crippen LogP contribution in [0.2, 0.25) is 0 Å². The molecule has 0 unspecified atom stereocenters. The zero-order valence-corrected chi connectivity index (χ0v) is 10.5. The third-order valence-electron chi connectivity index (χ3n) is 4.89. The third-order valence-corrected chi connectivity index (χ3v) is 5.52. The molecule has 16 heavy (non-hydrogen) atoms. The normalized spacial score (nSPS) is 47.1. The van der Waals surface area contributed by atoms with Crippen molar-refractivity contribution >= 4 is 17.6 Å². The van der Waals surface area contributed by atoms with E-state index in [1.807, 2.05) is 0 Å². The van der Waals surface area contributed by atoms with Crippen LogP contribution in [0, 0.1) is 23.2 Å². The molecule has 4 rings (SSSR count). The average molecular weight is 243 g/mol. The van der Waals surface area contributed by atoms with Gasteiger partial charge >= 0.3 is 5.97 Å². The summed E-state index contributed by atoms with van der Waals surface area (Å²) in [5.74, 6) is 1.68. The smallest absolute Gasteiger partial charge is 0.312 e. The topological polar surface area (TPSA) is 26.3 Å². The first-order valence-electron chi connectivity index (χ1n) is 6.53. The zero-order valence-electron chi connectivity index (χ0n) is 9.75. The Morgan fingerprint density at radius 3 is 2.81 bits per heavy atom. The van der Waals surface area contributed by atoms with Crippen LogP contribution in [0.5, 0.6) is 0 Å². The molecular weight excluding hydrogens is 224 g/mol. The van der Waals surface area contributed by atoms with Crippen molar-refractivity contribution in [2.45, 2.75) is 44.4 Å². The van der Waals surface area contributed by atoms with Gasteiger partial charge in [0.1, 0.15) is 0 Å². The van der Waals surface area contributed by atoms with Crippen molar-refractivity contribution in [3.8, 4) is 0 Å². The molecule has 0 heterocycles. The number of esters is 1. The second-order valence-electron chi connectivity index (χ2n) is 5.66. The molecule has 3 heteroatoms. The van der Waals surface area contributed by atoms with Crippen molar-refractivity contribution in [1.29, 1.82) is 0 Å². The molecule has 4 bridgehead atoms. The Morgan fingerprint density at radius 1 is 1.50 bits per heavy atom. The minimum atomic E-state index is -0.122. The second-order valence-corrected chi connectivity index (χ2v) is 6.16. The fraction of sp³-hybridized carbons (Fsp3) is 0.923. The van der Waals surface area contributed by atoms with Gasteiger partial charge in [0.05, 0.1) is 12.0 Å². The van der Waals surface area contributed by atoms with E-state index in [1.165, 1.54) is 12.8 Å². The maximum Gasteiger partial charge on any atom is 0.312 e. The molecule has 0 spiro atoms. The van der Waals surface area contributed by atoms with Crippen molar-refractivity contribution in [3.63, 3.8) is 0 Å². The first-order valence-corrected chi connectivity index (χ1v) is 6.96. The van der Waals surface area contributed by atoms with Gasteiger partial charge in [-0.1, -0.05) is 19.8 Å². The average Bonchev–Trinajstić information content (AvgIpc) is 2.60. The Labute approximate surface area is 102 Å². The molecule has 5 atom stereocenters. The molecule has 2 nitrogen and oxygen atoms in total. The number of halogens is 1. The molecule has 4 aliphatic carbocycles. The SMILES string of the molecule is CCCCCOC(=O)[C@]12C[C@@H]3C[C@H]1[C@H]2[C@H]3Cl. The summed E-state index contributed by atoms with van der Waals surface area (Å²) >= 11 is 6.31. The highest BCUT2D eigenvalue weighted by atomic mass is 35.5. The minimum absolute atomic E-state index is 0.0595. The monoisotopic (exact) mass is 242 g/mol. The van der Waals surface area contributed by atoms with E-state index in [1.54, 1.807) is 0 Å². The van der Waals surface area contributed by atoms with Crippen LogP contribution in [0.25, 0.3) is 0 Å². The zero-order chi connectivity index (χ0) is 11.3. The van der Waals surface area contributed by atoms with E-state index in [4.69, 9.17) is 16.3 Å². The van der Waals surface area contributed by atoms with E-state index in [-0.39, 0.29) is 16.8 Å². The van der Waals surface area contributed by atoms with E-state index < -0.39 is 0 Å². The molecule has 0 saturated heterocycles.